The molecule has 0 saturated carbocycles. The fraction of sp³-hybridized carbons (Fsp3) is 0.900. The van der Waals surface area contributed by atoms with E-state index in [0.717, 1.165) is 19.3 Å². The Kier molecular flexibility index (Phi) is 7.33. The molecule has 5 nitrogen and oxygen atoms in total. The largest absolute Gasteiger partial charge is 0.343 e. The summed E-state index contributed by atoms with van der Waals surface area (Å²) in [7, 11) is -3.26. The Morgan fingerprint density at radius 3 is 2.50 bits per heavy atom. The molecule has 0 fully saturated rings. The molecule has 0 aliphatic rings. The van der Waals surface area contributed by atoms with Crippen molar-refractivity contribution in [3.05, 3.63) is 0 Å². The van der Waals surface area contributed by atoms with Gasteiger partial charge < -0.3 is 4.89 Å². The summed E-state index contributed by atoms with van der Waals surface area (Å²) < 4.78 is 23.3. The van der Waals surface area contributed by atoms with Gasteiger partial charge in [0.1, 0.15) is 0 Å². The lowest BCUT2D eigenvalue weighted by molar-refractivity contribution is -0.233. The van der Waals surface area contributed by atoms with Crippen molar-refractivity contribution in [1.29, 1.82) is 0 Å². The Labute approximate surface area is 96.6 Å². The predicted molar refractivity (Wildman–Crippen MR) is 60.7 cm³/mol. The van der Waals surface area contributed by atoms with Crippen LogP contribution in [-0.4, -0.2) is 30.6 Å². The van der Waals surface area contributed by atoms with Gasteiger partial charge in [-0.2, -0.15) is 5.26 Å². The van der Waals surface area contributed by atoms with Crippen LogP contribution >= 0.6 is 0 Å². The first kappa shape index (κ1) is 15.4. The van der Waals surface area contributed by atoms with Crippen LogP contribution in [0.15, 0.2) is 0 Å². The van der Waals surface area contributed by atoms with Gasteiger partial charge in [-0.3, -0.25) is 0 Å². The topological polar surface area (TPSA) is 80.7 Å². The first-order chi connectivity index (χ1) is 7.44. The number of rotatable bonds is 8. The van der Waals surface area contributed by atoms with Gasteiger partial charge in [-0.1, -0.05) is 26.2 Å². The third-order valence-corrected chi connectivity index (χ3v) is 4.75. The van der Waals surface area contributed by atoms with E-state index in [9.17, 15) is 13.2 Å². The van der Waals surface area contributed by atoms with Crippen molar-refractivity contribution in [3.8, 4) is 0 Å². The van der Waals surface area contributed by atoms with Crippen molar-refractivity contribution in [3.63, 3.8) is 0 Å². The molecule has 0 rings (SSSR count). The molecule has 6 heteroatoms. The van der Waals surface area contributed by atoms with Crippen LogP contribution in [0.25, 0.3) is 0 Å². The van der Waals surface area contributed by atoms with E-state index in [1.54, 1.807) is 6.92 Å². The maximum Gasteiger partial charge on any atom is 0.343 e. The molecular weight excluding hydrogens is 232 g/mol. The molecule has 0 radical (unpaired) electrons. The molecule has 1 atom stereocenters. The first-order valence-electron chi connectivity index (χ1n) is 5.49. The lowest BCUT2D eigenvalue weighted by Gasteiger charge is -2.11. The summed E-state index contributed by atoms with van der Waals surface area (Å²) in [5.41, 5.74) is 0. The molecule has 0 heterocycles. The van der Waals surface area contributed by atoms with Crippen LogP contribution in [0.4, 0.5) is 0 Å². The minimum absolute atomic E-state index is 0.264. The van der Waals surface area contributed by atoms with Crippen molar-refractivity contribution >= 4 is 15.8 Å². The van der Waals surface area contributed by atoms with E-state index in [2.05, 4.69) is 11.8 Å². The number of unbranched alkanes of at least 4 members (excludes halogenated alkanes) is 2. The van der Waals surface area contributed by atoms with Crippen LogP contribution in [-0.2, 0) is 19.5 Å². The smallest absolute Gasteiger partial charge is 0.301 e. The Balaban J connectivity index is 4.05. The molecular formula is C10H20O5S. The maximum atomic E-state index is 11.7. The van der Waals surface area contributed by atoms with Crippen LogP contribution in [0, 0.1) is 0 Å². The van der Waals surface area contributed by atoms with E-state index < -0.39 is 21.1 Å². The van der Waals surface area contributed by atoms with Gasteiger partial charge in [-0.05, 0) is 13.3 Å². The summed E-state index contributed by atoms with van der Waals surface area (Å²) in [5, 5.41) is 7.56. The predicted octanol–water partition coefficient (Wildman–Crippen LogP) is 1.78. The third-order valence-electron chi connectivity index (χ3n) is 2.52. The summed E-state index contributed by atoms with van der Waals surface area (Å²) in [6.07, 6.45) is 3.25. The average Bonchev–Trinajstić information content (AvgIpc) is 2.26. The van der Waals surface area contributed by atoms with Gasteiger partial charge in [0.15, 0.2) is 9.84 Å². The summed E-state index contributed by atoms with van der Waals surface area (Å²) in [4.78, 5) is 14.0. The Hall–Kier alpha value is -0.620. The number of hydrogen-bond donors (Lipinski definition) is 1. The third kappa shape index (κ3) is 6.07. The second kappa shape index (κ2) is 7.62. The van der Waals surface area contributed by atoms with Crippen LogP contribution < -0.4 is 0 Å². The molecule has 0 aromatic heterocycles. The van der Waals surface area contributed by atoms with Gasteiger partial charge in [-0.15, -0.1) is 0 Å². The lowest BCUT2D eigenvalue weighted by Crippen LogP contribution is -2.23. The highest BCUT2D eigenvalue weighted by atomic mass is 32.2. The van der Waals surface area contributed by atoms with E-state index in [1.807, 2.05) is 0 Å². The maximum absolute atomic E-state index is 11.7. The SMILES string of the molecule is CCCCCC(C)S(=O)(=O)CCC(=O)OO. The van der Waals surface area contributed by atoms with E-state index in [4.69, 9.17) is 5.26 Å². The minimum atomic E-state index is -3.26. The zero-order valence-corrected chi connectivity index (χ0v) is 10.6. The van der Waals surface area contributed by atoms with Gasteiger partial charge in [0.2, 0.25) is 0 Å². The zero-order chi connectivity index (χ0) is 12.6. The standard InChI is InChI=1S/C10H20O5S/c1-3-4-5-6-9(2)16(13,14)8-7-10(11)15-12/h9,12H,3-8H2,1-2H3. The van der Waals surface area contributed by atoms with Gasteiger partial charge in [-0.25, -0.2) is 13.2 Å². The molecule has 0 bridgehead atoms. The number of sulfone groups is 1. The molecule has 1 N–H and O–H groups in total. The van der Waals surface area contributed by atoms with Crippen molar-refractivity contribution < 1.29 is 23.4 Å². The summed E-state index contributed by atoms with van der Waals surface area (Å²) >= 11 is 0. The molecule has 0 aliphatic heterocycles. The molecule has 0 aliphatic carbocycles. The van der Waals surface area contributed by atoms with Crippen LogP contribution in [0.5, 0.6) is 0 Å². The van der Waals surface area contributed by atoms with Gasteiger partial charge in [0.05, 0.1) is 17.4 Å². The molecule has 0 aromatic rings. The van der Waals surface area contributed by atoms with E-state index in [0.29, 0.717) is 6.42 Å². The van der Waals surface area contributed by atoms with Crippen molar-refractivity contribution in [2.45, 2.75) is 51.2 Å². The van der Waals surface area contributed by atoms with Gasteiger partial charge in [0, 0.05) is 0 Å². The summed E-state index contributed by atoms with van der Waals surface area (Å²) in [5.74, 6) is -1.18. The van der Waals surface area contributed by atoms with Gasteiger partial charge >= 0.3 is 5.97 Å². The molecule has 16 heavy (non-hydrogen) atoms. The minimum Gasteiger partial charge on any atom is -0.301 e. The summed E-state index contributed by atoms with van der Waals surface area (Å²) in [6.45, 7) is 3.70. The lowest BCUT2D eigenvalue weighted by atomic mass is 10.2. The highest BCUT2D eigenvalue weighted by Gasteiger charge is 2.21. The summed E-state index contributed by atoms with van der Waals surface area (Å²) in [6, 6.07) is 0. The zero-order valence-electron chi connectivity index (χ0n) is 9.81. The molecule has 1 unspecified atom stereocenters. The molecule has 96 valence electrons. The molecule has 0 amide bonds. The number of carbonyl (C=O) groups excluding carboxylic acids is 1. The monoisotopic (exact) mass is 252 g/mol. The van der Waals surface area contributed by atoms with Gasteiger partial charge in [0.25, 0.3) is 0 Å². The highest BCUT2D eigenvalue weighted by molar-refractivity contribution is 7.92. The van der Waals surface area contributed by atoms with Crippen molar-refractivity contribution in [2.24, 2.45) is 0 Å². The Morgan fingerprint density at radius 1 is 1.38 bits per heavy atom. The Morgan fingerprint density at radius 2 is 2.00 bits per heavy atom. The molecule has 0 spiro atoms. The first-order valence-corrected chi connectivity index (χ1v) is 7.21. The fourth-order valence-corrected chi connectivity index (χ4v) is 2.71. The quantitative estimate of drug-likeness (QED) is 0.404. The number of hydrogen-bond acceptors (Lipinski definition) is 5. The van der Waals surface area contributed by atoms with Crippen molar-refractivity contribution in [1.82, 2.24) is 0 Å². The molecule has 0 saturated heterocycles. The van der Waals surface area contributed by atoms with E-state index >= 15 is 0 Å². The normalized spacial score (nSPS) is 13.4. The fourth-order valence-electron chi connectivity index (χ4n) is 1.33. The van der Waals surface area contributed by atoms with Crippen molar-refractivity contribution in [2.75, 3.05) is 5.75 Å². The average molecular weight is 252 g/mol. The van der Waals surface area contributed by atoms with Crippen LogP contribution in [0.3, 0.4) is 0 Å². The van der Waals surface area contributed by atoms with Crippen LogP contribution in [0.2, 0.25) is 0 Å². The second-order valence-electron chi connectivity index (χ2n) is 3.89. The second-order valence-corrected chi connectivity index (χ2v) is 6.43. The van der Waals surface area contributed by atoms with E-state index in [1.165, 1.54) is 0 Å². The highest BCUT2D eigenvalue weighted by Crippen LogP contribution is 2.12. The Bertz CT molecular complexity index is 296. The number of carbonyl (C=O) groups is 1. The van der Waals surface area contributed by atoms with Crippen LogP contribution in [0.1, 0.15) is 46.0 Å². The molecule has 0 aromatic carbocycles. The van der Waals surface area contributed by atoms with E-state index in [-0.39, 0.29) is 12.2 Å².